The molecule has 1 amide bonds. The van der Waals surface area contributed by atoms with Crippen molar-refractivity contribution in [3.8, 4) is 0 Å². The normalized spacial score (nSPS) is 23.2. The van der Waals surface area contributed by atoms with Crippen molar-refractivity contribution in [1.82, 2.24) is 5.32 Å². The fourth-order valence-corrected chi connectivity index (χ4v) is 5.25. The molecule has 0 bridgehead atoms. The number of rotatable bonds is 5. The van der Waals surface area contributed by atoms with Gasteiger partial charge in [0.1, 0.15) is 11.6 Å². The molecule has 1 N–H and O–H groups in total. The third-order valence-electron chi connectivity index (χ3n) is 6.65. The maximum atomic E-state index is 13.1. The second-order valence-electron chi connectivity index (χ2n) is 8.75. The number of amides is 1. The van der Waals surface area contributed by atoms with Crippen LogP contribution < -0.4 is 5.32 Å². The van der Waals surface area contributed by atoms with E-state index >= 15 is 0 Å². The highest BCUT2D eigenvalue weighted by Gasteiger charge is 2.53. The van der Waals surface area contributed by atoms with Gasteiger partial charge in [0, 0.05) is 24.3 Å². The first-order valence-electron chi connectivity index (χ1n) is 10.6. The third-order valence-corrected chi connectivity index (χ3v) is 6.65. The number of carbonyl (C=O) groups excluding carboxylic acids is 2. The average molecular weight is 394 g/mol. The van der Waals surface area contributed by atoms with E-state index in [0.717, 1.165) is 36.8 Å². The van der Waals surface area contributed by atoms with E-state index in [1.54, 1.807) is 12.1 Å². The summed E-state index contributed by atoms with van der Waals surface area (Å²) in [4.78, 5) is 25.8. The number of hydrogen-bond acceptors (Lipinski definition) is 2. The van der Waals surface area contributed by atoms with Crippen molar-refractivity contribution in [1.29, 1.82) is 0 Å². The van der Waals surface area contributed by atoms with Crippen LogP contribution in [0.15, 0.2) is 48.5 Å². The van der Waals surface area contributed by atoms with Crippen molar-refractivity contribution in [2.24, 2.45) is 5.92 Å². The molecule has 0 aromatic heterocycles. The fraction of sp³-hybridized carbons (Fsp3) is 0.440. The monoisotopic (exact) mass is 393 g/mol. The Morgan fingerprint density at radius 3 is 2.34 bits per heavy atom. The van der Waals surface area contributed by atoms with E-state index in [-0.39, 0.29) is 47.7 Å². The van der Waals surface area contributed by atoms with Gasteiger partial charge in [0.2, 0.25) is 5.91 Å². The third kappa shape index (κ3) is 4.12. The maximum absolute atomic E-state index is 13.1. The zero-order valence-corrected chi connectivity index (χ0v) is 16.9. The van der Waals surface area contributed by atoms with E-state index in [2.05, 4.69) is 36.5 Å². The topological polar surface area (TPSA) is 46.2 Å². The maximum Gasteiger partial charge on any atom is 0.224 e. The first-order valence-corrected chi connectivity index (χ1v) is 10.6. The lowest BCUT2D eigenvalue weighted by molar-refractivity contribution is -0.127. The lowest BCUT2D eigenvalue weighted by Gasteiger charge is -2.40. The first-order chi connectivity index (χ1) is 14.0. The van der Waals surface area contributed by atoms with Crippen LogP contribution in [0.3, 0.4) is 0 Å². The van der Waals surface area contributed by atoms with Crippen LogP contribution in [0.4, 0.5) is 4.39 Å². The molecule has 1 spiro atoms. The zero-order chi connectivity index (χ0) is 20.4. The Balaban J connectivity index is 1.59. The Kier molecular flexibility index (Phi) is 5.53. The van der Waals surface area contributed by atoms with Crippen LogP contribution >= 0.6 is 0 Å². The number of hydrogen-bond donors (Lipinski definition) is 1. The van der Waals surface area contributed by atoms with Crippen LogP contribution in [0.2, 0.25) is 0 Å². The molecule has 2 aliphatic rings. The molecule has 152 valence electrons. The summed E-state index contributed by atoms with van der Waals surface area (Å²) < 4.78 is 13.1. The first kappa shape index (κ1) is 19.8. The minimum absolute atomic E-state index is 0.00457. The van der Waals surface area contributed by atoms with Crippen LogP contribution in [-0.4, -0.2) is 17.2 Å². The van der Waals surface area contributed by atoms with Gasteiger partial charge in [-0.25, -0.2) is 4.39 Å². The summed E-state index contributed by atoms with van der Waals surface area (Å²) in [7, 11) is 0. The summed E-state index contributed by atoms with van der Waals surface area (Å²) in [6, 6.07) is 14.4. The number of halogens is 1. The molecule has 1 unspecified atom stereocenters. The molecule has 1 heterocycles. The lowest BCUT2D eigenvalue weighted by Crippen LogP contribution is -2.46. The van der Waals surface area contributed by atoms with E-state index in [1.165, 1.54) is 24.1 Å². The summed E-state index contributed by atoms with van der Waals surface area (Å²) in [5.74, 6) is -0.599. The second-order valence-corrected chi connectivity index (χ2v) is 8.75. The number of aryl methyl sites for hydroxylation is 1. The molecule has 1 aliphatic carbocycles. The Morgan fingerprint density at radius 2 is 1.69 bits per heavy atom. The molecule has 4 rings (SSSR count). The summed E-state index contributed by atoms with van der Waals surface area (Å²) in [5.41, 5.74) is 2.89. The smallest absolute Gasteiger partial charge is 0.224 e. The SMILES string of the molecule is Cc1ccc([C@H]2C(CC(=O)Cc3ccc(F)cc3)C(=O)NC23CCCCC3)cc1. The molecular formula is C25H28FNO2. The molecule has 1 saturated heterocycles. The predicted molar refractivity (Wildman–Crippen MR) is 111 cm³/mol. The van der Waals surface area contributed by atoms with Crippen LogP contribution in [-0.2, 0) is 16.0 Å². The number of Topliss-reactive ketones (excluding diaryl/α,β-unsaturated/α-hetero) is 1. The van der Waals surface area contributed by atoms with Gasteiger partial charge in [0.15, 0.2) is 0 Å². The fourth-order valence-electron chi connectivity index (χ4n) is 5.25. The summed E-state index contributed by atoms with van der Waals surface area (Å²) in [6.45, 7) is 2.06. The van der Waals surface area contributed by atoms with E-state index in [1.807, 2.05) is 0 Å². The Hall–Kier alpha value is -2.49. The van der Waals surface area contributed by atoms with Crippen LogP contribution in [0.5, 0.6) is 0 Å². The molecule has 2 aromatic carbocycles. The summed E-state index contributed by atoms with van der Waals surface area (Å²) >= 11 is 0. The standard InChI is InChI=1S/C25H28FNO2/c1-17-5-9-19(10-6-17)23-22(24(29)27-25(23)13-3-2-4-14-25)16-21(28)15-18-7-11-20(26)12-8-18/h5-12,22-23H,2-4,13-16H2,1H3,(H,27,29)/t22?,23-/m0/s1. The van der Waals surface area contributed by atoms with Gasteiger partial charge in [-0.05, 0) is 43.0 Å². The molecule has 2 fully saturated rings. The Morgan fingerprint density at radius 1 is 1.03 bits per heavy atom. The largest absolute Gasteiger partial charge is 0.350 e. The van der Waals surface area contributed by atoms with Crippen LogP contribution in [0, 0.1) is 18.7 Å². The molecule has 2 aromatic rings. The highest BCUT2D eigenvalue weighted by Crippen LogP contribution is 2.49. The van der Waals surface area contributed by atoms with Gasteiger partial charge in [0.05, 0.1) is 5.92 Å². The van der Waals surface area contributed by atoms with Gasteiger partial charge in [-0.2, -0.15) is 0 Å². The van der Waals surface area contributed by atoms with Crippen molar-refractivity contribution >= 4 is 11.7 Å². The van der Waals surface area contributed by atoms with Crippen molar-refractivity contribution in [3.05, 3.63) is 71.0 Å². The molecule has 1 saturated carbocycles. The van der Waals surface area contributed by atoms with Crippen molar-refractivity contribution in [3.63, 3.8) is 0 Å². The minimum Gasteiger partial charge on any atom is -0.350 e. The van der Waals surface area contributed by atoms with Gasteiger partial charge in [-0.15, -0.1) is 0 Å². The lowest BCUT2D eigenvalue weighted by atomic mass is 9.67. The molecule has 4 heteroatoms. The minimum atomic E-state index is -0.344. The van der Waals surface area contributed by atoms with Gasteiger partial charge >= 0.3 is 0 Å². The van der Waals surface area contributed by atoms with Gasteiger partial charge in [-0.1, -0.05) is 61.2 Å². The number of carbonyl (C=O) groups is 2. The quantitative estimate of drug-likeness (QED) is 0.788. The van der Waals surface area contributed by atoms with Gasteiger partial charge in [-0.3, -0.25) is 9.59 Å². The van der Waals surface area contributed by atoms with Crippen molar-refractivity contribution in [2.45, 2.75) is 63.3 Å². The van der Waals surface area contributed by atoms with Crippen LogP contribution in [0.1, 0.15) is 61.1 Å². The number of ketones is 1. The van der Waals surface area contributed by atoms with Crippen LogP contribution in [0.25, 0.3) is 0 Å². The van der Waals surface area contributed by atoms with Crippen molar-refractivity contribution < 1.29 is 14.0 Å². The average Bonchev–Trinajstić information content (AvgIpc) is 2.95. The number of benzene rings is 2. The second kappa shape index (κ2) is 8.10. The van der Waals surface area contributed by atoms with E-state index in [0.29, 0.717) is 0 Å². The molecule has 0 radical (unpaired) electrons. The van der Waals surface area contributed by atoms with E-state index in [9.17, 15) is 14.0 Å². The number of nitrogens with one attached hydrogen (secondary N) is 1. The molecule has 2 atom stereocenters. The predicted octanol–water partition coefficient (Wildman–Crippen LogP) is 4.87. The van der Waals surface area contributed by atoms with E-state index in [4.69, 9.17) is 0 Å². The van der Waals surface area contributed by atoms with Gasteiger partial charge < -0.3 is 5.32 Å². The van der Waals surface area contributed by atoms with Gasteiger partial charge in [0.25, 0.3) is 0 Å². The highest BCUT2D eigenvalue weighted by atomic mass is 19.1. The summed E-state index contributed by atoms with van der Waals surface area (Å²) in [5, 5.41) is 3.32. The molecule has 29 heavy (non-hydrogen) atoms. The van der Waals surface area contributed by atoms with Crippen molar-refractivity contribution in [2.75, 3.05) is 0 Å². The molecular weight excluding hydrogens is 365 g/mol. The zero-order valence-electron chi connectivity index (χ0n) is 16.9. The summed E-state index contributed by atoms with van der Waals surface area (Å²) in [6.07, 6.45) is 5.82. The Labute approximate surface area is 171 Å². The molecule has 3 nitrogen and oxygen atoms in total. The molecule has 1 aliphatic heterocycles. The van der Waals surface area contributed by atoms with E-state index < -0.39 is 0 Å². The highest BCUT2D eigenvalue weighted by molar-refractivity contribution is 5.91. The Bertz CT molecular complexity index is 882.